The highest BCUT2D eigenvalue weighted by Crippen LogP contribution is 2.23. The summed E-state index contributed by atoms with van der Waals surface area (Å²) in [6, 6.07) is 19.4. The van der Waals surface area contributed by atoms with E-state index in [0.717, 1.165) is 11.3 Å². The van der Waals surface area contributed by atoms with Gasteiger partial charge in [0.15, 0.2) is 0 Å². The fourth-order valence-corrected chi connectivity index (χ4v) is 3.31. The van der Waals surface area contributed by atoms with Gasteiger partial charge in [-0.25, -0.2) is 0 Å². The average Bonchev–Trinajstić information content (AvgIpc) is 3.27. The third kappa shape index (κ3) is 4.57. The molecule has 2 heterocycles. The lowest BCUT2D eigenvalue weighted by molar-refractivity contribution is -0.119. The molecule has 8 heteroatoms. The van der Waals surface area contributed by atoms with E-state index in [1.54, 1.807) is 41.4 Å². The van der Waals surface area contributed by atoms with Crippen molar-refractivity contribution < 1.29 is 9.32 Å². The normalized spacial score (nSPS) is 10.8. The zero-order chi connectivity index (χ0) is 21.8. The average molecular weight is 435 g/mol. The van der Waals surface area contributed by atoms with Crippen molar-refractivity contribution in [3.63, 3.8) is 0 Å². The van der Waals surface area contributed by atoms with E-state index in [9.17, 15) is 9.59 Å². The number of hydrogen-bond donors (Lipinski definition) is 0. The van der Waals surface area contributed by atoms with E-state index in [-0.39, 0.29) is 23.9 Å². The second-order valence-electron chi connectivity index (χ2n) is 6.79. The van der Waals surface area contributed by atoms with Crippen molar-refractivity contribution in [1.29, 1.82) is 0 Å². The first-order chi connectivity index (χ1) is 15.0. The minimum Gasteiger partial charge on any atom is -0.334 e. The van der Waals surface area contributed by atoms with Crippen LogP contribution in [0.15, 0.2) is 82.2 Å². The maximum absolute atomic E-state index is 12.9. The summed E-state index contributed by atoms with van der Waals surface area (Å²) in [6.45, 7) is 2.28. The van der Waals surface area contributed by atoms with E-state index in [2.05, 4.69) is 10.1 Å². The van der Waals surface area contributed by atoms with Crippen molar-refractivity contribution in [2.24, 2.45) is 0 Å². The van der Waals surface area contributed by atoms with Gasteiger partial charge in [0.2, 0.25) is 11.7 Å². The summed E-state index contributed by atoms with van der Waals surface area (Å²) >= 11 is 5.92. The quantitative estimate of drug-likeness (QED) is 0.452. The monoisotopic (exact) mass is 434 g/mol. The standard InChI is InChI=1S/C23H19ClN4O3/c1-2-28(19-6-4-3-5-7-19)21(30)15-27-14-17(10-13-20(27)29)23-25-22(26-31-23)16-8-11-18(24)12-9-16/h3-14H,2,15H2,1H3. The largest absolute Gasteiger partial charge is 0.334 e. The molecule has 0 bridgehead atoms. The first-order valence-corrected chi connectivity index (χ1v) is 10.1. The molecule has 0 fully saturated rings. The Bertz CT molecular complexity index is 1250. The van der Waals surface area contributed by atoms with Crippen molar-refractivity contribution in [3.8, 4) is 22.8 Å². The van der Waals surface area contributed by atoms with Gasteiger partial charge in [-0.15, -0.1) is 0 Å². The minimum absolute atomic E-state index is 0.104. The number of amides is 1. The van der Waals surface area contributed by atoms with Gasteiger partial charge in [0.05, 0.1) is 5.56 Å². The van der Waals surface area contributed by atoms with Gasteiger partial charge in [-0.2, -0.15) is 4.98 Å². The first kappa shape index (κ1) is 20.6. The molecule has 0 aliphatic carbocycles. The molecular formula is C23H19ClN4O3. The molecule has 0 saturated heterocycles. The number of aromatic nitrogens is 3. The third-order valence-electron chi connectivity index (χ3n) is 4.75. The molecule has 0 aliphatic heterocycles. The van der Waals surface area contributed by atoms with E-state index >= 15 is 0 Å². The summed E-state index contributed by atoms with van der Waals surface area (Å²) in [7, 11) is 0. The second kappa shape index (κ2) is 8.97. The summed E-state index contributed by atoms with van der Waals surface area (Å²) in [5, 5.41) is 4.61. The number of benzene rings is 2. The number of carbonyl (C=O) groups is 1. The lowest BCUT2D eigenvalue weighted by Crippen LogP contribution is -2.36. The number of para-hydroxylation sites is 1. The fourth-order valence-electron chi connectivity index (χ4n) is 3.18. The Balaban J connectivity index is 1.58. The van der Waals surface area contributed by atoms with Gasteiger partial charge in [-0.3, -0.25) is 9.59 Å². The van der Waals surface area contributed by atoms with E-state index in [1.165, 1.54) is 10.6 Å². The van der Waals surface area contributed by atoms with Gasteiger partial charge >= 0.3 is 0 Å². The van der Waals surface area contributed by atoms with Gasteiger partial charge in [0.25, 0.3) is 11.4 Å². The molecule has 156 valence electrons. The van der Waals surface area contributed by atoms with Crippen molar-refractivity contribution in [2.45, 2.75) is 13.5 Å². The number of anilines is 1. The molecule has 0 unspecified atom stereocenters. The number of pyridine rings is 1. The molecule has 0 N–H and O–H groups in total. The molecule has 2 aromatic heterocycles. The Hall–Kier alpha value is -3.71. The molecule has 4 aromatic rings. The predicted molar refractivity (Wildman–Crippen MR) is 119 cm³/mol. The SMILES string of the molecule is CCN(C(=O)Cn1cc(-c2nc(-c3ccc(Cl)cc3)no2)ccc1=O)c1ccccc1. The molecule has 0 radical (unpaired) electrons. The van der Waals surface area contributed by atoms with Crippen LogP contribution in [0.1, 0.15) is 6.92 Å². The van der Waals surface area contributed by atoms with Gasteiger partial charge in [-0.05, 0) is 49.4 Å². The highest BCUT2D eigenvalue weighted by Gasteiger charge is 2.17. The van der Waals surface area contributed by atoms with Crippen molar-refractivity contribution in [1.82, 2.24) is 14.7 Å². The molecule has 7 nitrogen and oxygen atoms in total. The highest BCUT2D eigenvalue weighted by molar-refractivity contribution is 6.30. The Labute approximate surface area is 183 Å². The summed E-state index contributed by atoms with van der Waals surface area (Å²) < 4.78 is 6.71. The maximum atomic E-state index is 12.9. The van der Waals surface area contributed by atoms with Crippen LogP contribution in [0.4, 0.5) is 5.69 Å². The van der Waals surface area contributed by atoms with E-state index in [4.69, 9.17) is 16.1 Å². The van der Waals surface area contributed by atoms with Gasteiger partial charge in [-0.1, -0.05) is 35.0 Å². The molecule has 0 aliphatic rings. The fraction of sp³-hybridized carbons (Fsp3) is 0.130. The number of likely N-dealkylation sites (N-methyl/N-ethyl adjacent to an activating group) is 1. The number of carbonyl (C=O) groups excluding carboxylic acids is 1. The Morgan fingerprint density at radius 3 is 2.45 bits per heavy atom. The first-order valence-electron chi connectivity index (χ1n) is 9.71. The molecule has 1 amide bonds. The Morgan fingerprint density at radius 2 is 1.74 bits per heavy atom. The topological polar surface area (TPSA) is 81.2 Å². The minimum atomic E-state index is -0.293. The lowest BCUT2D eigenvalue weighted by atomic mass is 10.2. The molecule has 2 aromatic carbocycles. The summed E-state index contributed by atoms with van der Waals surface area (Å²) in [5.74, 6) is 0.462. The third-order valence-corrected chi connectivity index (χ3v) is 5.00. The summed E-state index contributed by atoms with van der Waals surface area (Å²) in [5.41, 5.74) is 1.79. The summed E-state index contributed by atoms with van der Waals surface area (Å²) in [4.78, 5) is 31.2. The van der Waals surface area contributed by atoms with Crippen LogP contribution in [0.25, 0.3) is 22.8 Å². The van der Waals surface area contributed by atoms with Crippen LogP contribution >= 0.6 is 11.6 Å². The van der Waals surface area contributed by atoms with Crippen LogP contribution < -0.4 is 10.5 Å². The van der Waals surface area contributed by atoms with Gasteiger partial charge in [0, 0.05) is 35.1 Å². The highest BCUT2D eigenvalue weighted by atomic mass is 35.5. The molecule has 0 saturated carbocycles. The molecule has 4 rings (SSSR count). The Kier molecular flexibility index (Phi) is 5.95. The molecule has 0 spiro atoms. The van der Waals surface area contributed by atoms with E-state index < -0.39 is 0 Å². The second-order valence-corrected chi connectivity index (χ2v) is 7.22. The number of rotatable bonds is 6. The van der Waals surface area contributed by atoms with E-state index in [0.29, 0.717) is 23.0 Å². The van der Waals surface area contributed by atoms with Crippen LogP contribution in [0, 0.1) is 0 Å². The van der Waals surface area contributed by atoms with Gasteiger partial charge < -0.3 is 14.0 Å². The molecular weight excluding hydrogens is 416 g/mol. The number of halogens is 1. The number of nitrogens with zero attached hydrogens (tertiary/aromatic N) is 4. The molecule has 0 atom stereocenters. The van der Waals surface area contributed by atoms with Crippen LogP contribution in [-0.4, -0.2) is 27.2 Å². The Morgan fingerprint density at radius 1 is 1.03 bits per heavy atom. The van der Waals surface area contributed by atoms with Crippen LogP contribution in [0.3, 0.4) is 0 Å². The zero-order valence-corrected chi connectivity index (χ0v) is 17.5. The van der Waals surface area contributed by atoms with Crippen molar-refractivity contribution >= 4 is 23.2 Å². The zero-order valence-electron chi connectivity index (χ0n) is 16.7. The van der Waals surface area contributed by atoms with Crippen molar-refractivity contribution in [3.05, 3.63) is 88.3 Å². The maximum Gasteiger partial charge on any atom is 0.259 e. The molecule has 31 heavy (non-hydrogen) atoms. The summed E-state index contributed by atoms with van der Waals surface area (Å²) in [6.07, 6.45) is 1.55. The van der Waals surface area contributed by atoms with Crippen LogP contribution in [0.2, 0.25) is 5.02 Å². The van der Waals surface area contributed by atoms with Crippen LogP contribution in [-0.2, 0) is 11.3 Å². The smallest absolute Gasteiger partial charge is 0.259 e. The van der Waals surface area contributed by atoms with Gasteiger partial charge in [0.1, 0.15) is 6.54 Å². The number of hydrogen-bond acceptors (Lipinski definition) is 5. The van der Waals surface area contributed by atoms with Crippen LogP contribution in [0.5, 0.6) is 0 Å². The predicted octanol–water partition coefficient (Wildman–Crippen LogP) is 4.27. The lowest BCUT2D eigenvalue weighted by Gasteiger charge is -2.21. The van der Waals surface area contributed by atoms with Crippen molar-refractivity contribution in [2.75, 3.05) is 11.4 Å². The van der Waals surface area contributed by atoms with E-state index in [1.807, 2.05) is 37.3 Å².